The molecule has 0 bridgehead atoms. The van der Waals surface area contributed by atoms with Crippen LogP contribution < -0.4 is 0 Å². The van der Waals surface area contributed by atoms with Gasteiger partial charge in [-0.2, -0.15) is 17.5 Å². The first-order valence-corrected chi connectivity index (χ1v) is 12.9. The maximum absolute atomic E-state index is 13.4. The molecule has 3 rings (SSSR count). The van der Waals surface area contributed by atoms with Crippen LogP contribution in [0.5, 0.6) is 0 Å². The number of sulfonamides is 1. The van der Waals surface area contributed by atoms with Crippen LogP contribution in [0, 0.1) is 5.92 Å². The van der Waals surface area contributed by atoms with Crippen LogP contribution in [0.3, 0.4) is 0 Å². The Labute approximate surface area is 194 Å². The summed E-state index contributed by atoms with van der Waals surface area (Å²) < 4.78 is 67.7. The lowest BCUT2D eigenvalue weighted by molar-refractivity contribution is -0.138. The Kier molecular flexibility index (Phi) is 7.80. The first-order valence-electron chi connectivity index (χ1n) is 11.5. The Morgan fingerprint density at radius 1 is 1.09 bits per heavy atom. The van der Waals surface area contributed by atoms with Gasteiger partial charge >= 0.3 is 6.18 Å². The van der Waals surface area contributed by atoms with Crippen molar-refractivity contribution < 1.29 is 26.4 Å². The van der Waals surface area contributed by atoms with Crippen molar-refractivity contribution in [3.05, 3.63) is 29.8 Å². The van der Waals surface area contributed by atoms with Gasteiger partial charge in [0.2, 0.25) is 15.9 Å². The zero-order valence-corrected chi connectivity index (χ0v) is 20.5. The van der Waals surface area contributed by atoms with Crippen LogP contribution in [0.2, 0.25) is 0 Å². The predicted octanol–water partition coefficient (Wildman–Crippen LogP) is 3.83. The smallest absolute Gasteiger partial charge is 0.341 e. The van der Waals surface area contributed by atoms with Crippen molar-refractivity contribution in [2.45, 2.75) is 75.1 Å². The van der Waals surface area contributed by atoms with Crippen LogP contribution in [-0.4, -0.2) is 73.7 Å². The molecule has 6 nitrogen and oxygen atoms in total. The maximum Gasteiger partial charge on any atom is 0.416 e. The zero-order chi connectivity index (χ0) is 24.6. The number of likely N-dealkylation sites (N-methyl/N-ethyl adjacent to an activating group) is 1. The Bertz CT molecular complexity index is 938. The van der Waals surface area contributed by atoms with E-state index in [1.54, 1.807) is 4.90 Å². The highest BCUT2D eigenvalue weighted by Crippen LogP contribution is 2.38. The van der Waals surface area contributed by atoms with E-state index < -0.39 is 21.8 Å². The molecular weight excluding hydrogens is 455 g/mol. The van der Waals surface area contributed by atoms with Gasteiger partial charge in [-0.05, 0) is 70.3 Å². The summed E-state index contributed by atoms with van der Waals surface area (Å²) in [5.74, 6) is 0.410. The lowest BCUT2D eigenvalue weighted by Crippen LogP contribution is -2.53. The van der Waals surface area contributed by atoms with E-state index in [0.29, 0.717) is 44.7 Å². The van der Waals surface area contributed by atoms with Crippen molar-refractivity contribution in [1.82, 2.24) is 14.1 Å². The number of alkyl halides is 3. The van der Waals surface area contributed by atoms with E-state index in [1.165, 1.54) is 10.4 Å². The van der Waals surface area contributed by atoms with Gasteiger partial charge in [0.1, 0.15) is 0 Å². The molecule has 1 aromatic carbocycles. The summed E-state index contributed by atoms with van der Waals surface area (Å²) in [5, 5.41) is 0. The minimum absolute atomic E-state index is 0.0471. The van der Waals surface area contributed by atoms with Crippen LogP contribution in [0.4, 0.5) is 13.2 Å². The fourth-order valence-corrected chi connectivity index (χ4v) is 6.48. The van der Waals surface area contributed by atoms with Crippen molar-refractivity contribution >= 4 is 15.9 Å². The first-order chi connectivity index (χ1) is 15.3. The molecule has 1 aliphatic heterocycles. The van der Waals surface area contributed by atoms with E-state index in [0.717, 1.165) is 24.6 Å². The number of rotatable bonds is 8. The molecule has 2 aliphatic rings. The second-order valence-corrected chi connectivity index (χ2v) is 11.6. The summed E-state index contributed by atoms with van der Waals surface area (Å²) in [7, 11) is -0.316. The van der Waals surface area contributed by atoms with Crippen LogP contribution in [-0.2, 0) is 21.0 Å². The van der Waals surface area contributed by atoms with E-state index in [2.05, 4.69) is 13.8 Å². The highest BCUT2D eigenvalue weighted by atomic mass is 32.2. The van der Waals surface area contributed by atoms with Crippen LogP contribution in [0.15, 0.2) is 29.2 Å². The van der Waals surface area contributed by atoms with E-state index in [4.69, 9.17) is 0 Å². The Balaban J connectivity index is 1.76. The highest BCUT2D eigenvalue weighted by Gasteiger charge is 2.44. The molecule has 1 aromatic rings. The minimum atomic E-state index is -4.61. The lowest BCUT2D eigenvalue weighted by Gasteiger charge is -2.40. The summed E-state index contributed by atoms with van der Waals surface area (Å²) in [5.41, 5.74) is -0.973. The number of hydrogen-bond acceptors (Lipinski definition) is 4. The summed E-state index contributed by atoms with van der Waals surface area (Å²) in [4.78, 5) is 16.5. The molecule has 186 valence electrons. The normalized spacial score (nSPS) is 19.5. The molecule has 1 amide bonds. The number of benzene rings is 1. The van der Waals surface area contributed by atoms with Gasteiger partial charge in [-0.3, -0.25) is 9.69 Å². The second-order valence-electron chi connectivity index (χ2n) is 9.76. The molecule has 2 fully saturated rings. The van der Waals surface area contributed by atoms with Crippen LogP contribution in [0.25, 0.3) is 0 Å². The van der Waals surface area contributed by atoms with Crippen molar-refractivity contribution in [1.29, 1.82) is 0 Å². The molecule has 1 heterocycles. The molecular formula is C23H34F3N3O3S. The Morgan fingerprint density at radius 2 is 1.67 bits per heavy atom. The number of amides is 1. The van der Waals surface area contributed by atoms with Gasteiger partial charge in [0.15, 0.2) is 0 Å². The van der Waals surface area contributed by atoms with E-state index >= 15 is 0 Å². The number of halogens is 3. The van der Waals surface area contributed by atoms with E-state index in [-0.39, 0.29) is 28.9 Å². The molecule has 0 aromatic heterocycles. The average Bonchev–Trinajstić information content (AvgIpc) is 3.56. The SMILES string of the molecule is CC(C)C[C@H](C(=O)N1CCC(N(C2CC2)S(=O)(=O)c2cccc(C(F)(F)F)c2)CC1)N(C)C. The molecule has 33 heavy (non-hydrogen) atoms. The second kappa shape index (κ2) is 9.92. The van der Waals surface area contributed by atoms with Crippen molar-refractivity contribution in [2.75, 3.05) is 27.2 Å². The number of likely N-dealkylation sites (tertiary alicyclic amines) is 1. The standard InChI is InChI=1S/C23H34F3N3O3S/c1-16(2)14-21(27(3)4)22(30)28-12-10-19(11-13-28)29(18-8-9-18)33(31,32)20-7-5-6-17(15-20)23(24,25)26/h5-7,15-16,18-19,21H,8-14H2,1-4H3/t21-/m1/s1. The molecule has 1 saturated heterocycles. The molecule has 10 heteroatoms. The summed E-state index contributed by atoms with van der Waals surface area (Å²) in [6, 6.07) is 3.22. The highest BCUT2D eigenvalue weighted by molar-refractivity contribution is 7.89. The first kappa shape index (κ1) is 26.0. The van der Waals surface area contributed by atoms with Crippen molar-refractivity contribution in [3.63, 3.8) is 0 Å². The zero-order valence-electron chi connectivity index (χ0n) is 19.7. The monoisotopic (exact) mass is 489 g/mol. The third kappa shape index (κ3) is 6.08. The number of carbonyl (C=O) groups excluding carboxylic acids is 1. The fourth-order valence-electron chi connectivity index (χ4n) is 4.50. The number of nitrogens with zero attached hydrogens (tertiary/aromatic N) is 3. The van der Waals surface area contributed by atoms with Gasteiger partial charge in [0, 0.05) is 25.2 Å². The molecule has 0 spiro atoms. The van der Waals surface area contributed by atoms with Crippen LogP contribution in [0.1, 0.15) is 51.5 Å². The van der Waals surface area contributed by atoms with Crippen LogP contribution >= 0.6 is 0 Å². The fraction of sp³-hybridized carbons (Fsp3) is 0.696. The van der Waals surface area contributed by atoms with Gasteiger partial charge in [-0.15, -0.1) is 0 Å². The van der Waals surface area contributed by atoms with E-state index in [9.17, 15) is 26.4 Å². The molecule has 0 unspecified atom stereocenters. The largest absolute Gasteiger partial charge is 0.416 e. The van der Waals surface area contributed by atoms with Gasteiger partial charge < -0.3 is 4.90 Å². The summed E-state index contributed by atoms with van der Waals surface area (Å²) in [6.07, 6.45) is -1.52. The number of piperidine rings is 1. The number of carbonyl (C=O) groups is 1. The van der Waals surface area contributed by atoms with Gasteiger partial charge in [0.25, 0.3) is 0 Å². The van der Waals surface area contributed by atoms with Gasteiger partial charge in [0.05, 0.1) is 16.5 Å². The molecule has 1 atom stereocenters. The Hall–Kier alpha value is -1.65. The lowest BCUT2D eigenvalue weighted by atomic mass is 9.99. The summed E-state index contributed by atoms with van der Waals surface area (Å²) in [6.45, 7) is 5.02. The average molecular weight is 490 g/mol. The third-order valence-corrected chi connectivity index (χ3v) is 8.38. The molecule has 0 N–H and O–H groups in total. The van der Waals surface area contributed by atoms with E-state index in [1.807, 2.05) is 19.0 Å². The Morgan fingerprint density at radius 3 is 2.15 bits per heavy atom. The van der Waals surface area contributed by atoms with Crippen molar-refractivity contribution in [2.24, 2.45) is 5.92 Å². The van der Waals surface area contributed by atoms with Gasteiger partial charge in [-0.25, -0.2) is 8.42 Å². The maximum atomic E-state index is 13.4. The number of hydrogen-bond donors (Lipinski definition) is 0. The minimum Gasteiger partial charge on any atom is -0.341 e. The molecule has 1 aliphatic carbocycles. The predicted molar refractivity (Wildman–Crippen MR) is 120 cm³/mol. The quantitative estimate of drug-likeness (QED) is 0.557. The topological polar surface area (TPSA) is 60.9 Å². The molecule has 0 radical (unpaired) electrons. The third-order valence-electron chi connectivity index (χ3n) is 6.38. The van der Waals surface area contributed by atoms with Gasteiger partial charge in [-0.1, -0.05) is 19.9 Å². The van der Waals surface area contributed by atoms with Crippen molar-refractivity contribution in [3.8, 4) is 0 Å². The molecule has 1 saturated carbocycles. The summed E-state index contributed by atoms with van der Waals surface area (Å²) >= 11 is 0.